The van der Waals surface area contributed by atoms with Gasteiger partial charge >= 0.3 is 0 Å². The van der Waals surface area contributed by atoms with Gasteiger partial charge in [0.1, 0.15) is 22.0 Å². The van der Waals surface area contributed by atoms with E-state index >= 15 is 0 Å². The van der Waals surface area contributed by atoms with Gasteiger partial charge in [0.15, 0.2) is 5.75 Å². The summed E-state index contributed by atoms with van der Waals surface area (Å²) in [5, 5.41) is 23.0. The minimum atomic E-state index is -4.64. The molecule has 1 amide bonds. The van der Waals surface area contributed by atoms with Crippen LogP contribution in [0.3, 0.4) is 0 Å². The number of nitrogens with one attached hydrogen (secondary N) is 1. The van der Waals surface area contributed by atoms with E-state index in [0.717, 1.165) is 0 Å². The highest BCUT2D eigenvalue weighted by Gasteiger charge is 2.21. The second-order valence-electron chi connectivity index (χ2n) is 7.77. The molecule has 0 aliphatic heterocycles. The number of fused-ring (bicyclic) bond motifs is 1. The van der Waals surface area contributed by atoms with Gasteiger partial charge in [0.25, 0.3) is 16.0 Å². The smallest absolute Gasteiger partial charge is 0.296 e. The van der Waals surface area contributed by atoms with Crippen LogP contribution in [-0.2, 0) is 10.1 Å². The molecule has 11 heteroatoms. The maximum Gasteiger partial charge on any atom is 0.296 e. The van der Waals surface area contributed by atoms with Crippen molar-refractivity contribution in [2.45, 2.75) is 11.8 Å². The number of rotatable bonds is 6. The molecule has 4 aromatic rings. The van der Waals surface area contributed by atoms with Crippen LogP contribution in [0.4, 0.5) is 17.1 Å². The second-order valence-corrected chi connectivity index (χ2v) is 9.57. The van der Waals surface area contributed by atoms with Crippen molar-refractivity contribution in [3.8, 4) is 11.5 Å². The van der Waals surface area contributed by atoms with E-state index in [-0.39, 0.29) is 22.0 Å². The third-order valence-electron chi connectivity index (χ3n) is 5.34. The number of carbonyl (C=O) groups excluding carboxylic acids is 1. The average molecular weight is 526 g/mol. The van der Waals surface area contributed by atoms with Crippen molar-refractivity contribution < 1.29 is 27.6 Å². The molecular formula is C25H20ClN3O6S. The number of methoxy groups -OCH3 is 1. The summed E-state index contributed by atoms with van der Waals surface area (Å²) in [6, 6.07) is 17.5. The van der Waals surface area contributed by atoms with Crippen molar-refractivity contribution in [1.82, 2.24) is 0 Å². The maximum atomic E-state index is 13.1. The predicted octanol–water partition coefficient (Wildman–Crippen LogP) is 6.43. The van der Waals surface area contributed by atoms with Crippen LogP contribution in [0.1, 0.15) is 15.9 Å². The molecule has 0 aliphatic carbocycles. The van der Waals surface area contributed by atoms with E-state index in [1.165, 1.54) is 25.3 Å². The number of anilines is 1. The molecule has 0 atom stereocenters. The summed E-state index contributed by atoms with van der Waals surface area (Å²) in [6.07, 6.45) is 0. The Hall–Kier alpha value is -3.99. The van der Waals surface area contributed by atoms with Gasteiger partial charge in [-0.15, -0.1) is 10.2 Å². The average Bonchev–Trinajstić information content (AvgIpc) is 2.84. The minimum Gasteiger partial charge on any atom is -0.505 e. The summed E-state index contributed by atoms with van der Waals surface area (Å²) >= 11 is 6.12. The highest BCUT2D eigenvalue weighted by Crippen LogP contribution is 2.40. The summed E-state index contributed by atoms with van der Waals surface area (Å²) in [4.78, 5) is 12.6. The fourth-order valence-corrected chi connectivity index (χ4v) is 4.37. The largest absolute Gasteiger partial charge is 0.505 e. The predicted molar refractivity (Wildman–Crippen MR) is 137 cm³/mol. The molecule has 0 spiro atoms. The first-order chi connectivity index (χ1) is 17.1. The summed E-state index contributed by atoms with van der Waals surface area (Å²) in [7, 11) is -3.14. The lowest BCUT2D eigenvalue weighted by atomic mass is 10.0. The van der Waals surface area contributed by atoms with Gasteiger partial charge in [-0.25, -0.2) is 0 Å². The molecule has 0 saturated carbocycles. The number of azo groups is 1. The Morgan fingerprint density at radius 2 is 1.78 bits per heavy atom. The van der Waals surface area contributed by atoms with Crippen LogP contribution in [0, 0.1) is 6.92 Å². The Morgan fingerprint density at radius 3 is 2.50 bits per heavy atom. The van der Waals surface area contributed by atoms with Crippen molar-refractivity contribution in [2.75, 3.05) is 12.4 Å². The Labute approximate surface area is 211 Å². The van der Waals surface area contributed by atoms with Gasteiger partial charge in [-0.1, -0.05) is 41.9 Å². The number of phenols is 1. The van der Waals surface area contributed by atoms with E-state index in [0.29, 0.717) is 27.8 Å². The van der Waals surface area contributed by atoms with Crippen molar-refractivity contribution in [3.63, 3.8) is 0 Å². The molecule has 0 radical (unpaired) electrons. The number of phenolic OH excluding ortho intramolecular Hbond substituents is 1. The highest BCUT2D eigenvalue weighted by atomic mass is 35.5. The molecule has 4 aromatic carbocycles. The lowest BCUT2D eigenvalue weighted by Crippen LogP contribution is -2.12. The Kier molecular flexibility index (Phi) is 6.93. The lowest BCUT2D eigenvalue weighted by Gasteiger charge is -2.12. The van der Waals surface area contributed by atoms with Gasteiger partial charge in [-0.05, 0) is 48.2 Å². The zero-order valence-electron chi connectivity index (χ0n) is 19.1. The molecule has 184 valence electrons. The van der Waals surface area contributed by atoms with Crippen LogP contribution in [0.2, 0.25) is 5.02 Å². The number of hydrogen-bond donors (Lipinski definition) is 3. The van der Waals surface area contributed by atoms with Gasteiger partial charge in [-0.2, -0.15) is 8.42 Å². The molecule has 0 heterocycles. The molecule has 0 bridgehead atoms. The quantitative estimate of drug-likeness (QED) is 0.196. The second kappa shape index (κ2) is 9.94. The molecule has 0 fully saturated rings. The molecule has 4 rings (SSSR count). The number of ether oxygens (including phenoxy) is 1. The summed E-state index contributed by atoms with van der Waals surface area (Å²) in [6.45, 7) is 1.57. The van der Waals surface area contributed by atoms with E-state index in [4.69, 9.17) is 16.3 Å². The normalized spacial score (nSPS) is 11.7. The van der Waals surface area contributed by atoms with Crippen molar-refractivity contribution in [1.29, 1.82) is 0 Å². The van der Waals surface area contributed by atoms with E-state index in [9.17, 15) is 22.9 Å². The Bertz CT molecular complexity index is 1640. The first-order valence-corrected chi connectivity index (χ1v) is 12.3. The molecule has 0 unspecified atom stereocenters. The molecule has 9 nitrogen and oxygen atoms in total. The van der Waals surface area contributed by atoms with Gasteiger partial charge < -0.3 is 15.2 Å². The first-order valence-electron chi connectivity index (χ1n) is 10.5. The van der Waals surface area contributed by atoms with E-state index in [1.807, 2.05) is 0 Å². The molecular weight excluding hydrogens is 506 g/mol. The number of aromatic hydroxyl groups is 1. The van der Waals surface area contributed by atoms with E-state index in [2.05, 4.69) is 15.5 Å². The van der Waals surface area contributed by atoms with Crippen molar-refractivity contribution in [2.24, 2.45) is 10.2 Å². The van der Waals surface area contributed by atoms with Gasteiger partial charge in [0.2, 0.25) is 0 Å². The van der Waals surface area contributed by atoms with E-state index < -0.39 is 26.7 Å². The number of halogens is 1. The van der Waals surface area contributed by atoms with Crippen LogP contribution in [0.15, 0.2) is 81.9 Å². The van der Waals surface area contributed by atoms with Crippen LogP contribution in [-0.4, -0.2) is 31.1 Å². The zero-order valence-corrected chi connectivity index (χ0v) is 20.6. The van der Waals surface area contributed by atoms with Crippen LogP contribution >= 0.6 is 11.6 Å². The third-order valence-corrected chi connectivity index (χ3v) is 6.63. The van der Waals surface area contributed by atoms with Crippen molar-refractivity contribution in [3.05, 3.63) is 82.9 Å². The maximum absolute atomic E-state index is 13.1. The standard InChI is InChI=1S/C25H20ClN3O6S/c1-14-10-22(36(32,33)34)21(13-20(14)26)28-29-23-18-9-4-3-6-15(18)11-19(24(23)30)25(31)27-16-7-5-8-17(12-16)35-2/h3-13,30H,1-2H3,(H,27,31)(H,32,33,34). The van der Waals surface area contributed by atoms with Crippen molar-refractivity contribution >= 4 is 55.5 Å². The molecule has 0 saturated heterocycles. The summed E-state index contributed by atoms with van der Waals surface area (Å²) < 4.78 is 38.5. The highest BCUT2D eigenvalue weighted by molar-refractivity contribution is 7.86. The number of aryl methyl sites for hydroxylation is 1. The fourth-order valence-electron chi connectivity index (χ4n) is 3.52. The summed E-state index contributed by atoms with van der Waals surface area (Å²) in [5.74, 6) is -0.541. The van der Waals surface area contributed by atoms with Crippen LogP contribution in [0.25, 0.3) is 10.8 Å². The Morgan fingerprint density at radius 1 is 1.03 bits per heavy atom. The monoisotopic (exact) mass is 525 g/mol. The van der Waals surface area contributed by atoms with Crippen LogP contribution in [0.5, 0.6) is 11.5 Å². The lowest BCUT2D eigenvalue weighted by molar-refractivity contribution is 0.102. The molecule has 36 heavy (non-hydrogen) atoms. The number of carbonyl (C=O) groups is 1. The Balaban J connectivity index is 1.83. The number of benzene rings is 4. The number of nitrogens with zero attached hydrogens (tertiary/aromatic N) is 2. The van der Waals surface area contributed by atoms with Gasteiger partial charge in [0.05, 0.1) is 12.7 Å². The minimum absolute atomic E-state index is 0.0677. The third kappa shape index (κ3) is 5.15. The molecule has 3 N–H and O–H groups in total. The molecule has 0 aromatic heterocycles. The summed E-state index contributed by atoms with van der Waals surface area (Å²) in [5.41, 5.74) is 0.474. The first kappa shape index (κ1) is 25.1. The number of hydrogen-bond acceptors (Lipinski definition) is 7. The van der Waals surface area contributed by atoms with Crippen LogP contribution < -0.4 is 10.1 Å². The van der Waals surface area contributed by atoms with Gasteiger partial charge in [0, 0.05) is 22.2 Å². The molecule has 0 aliphatic rings. The fraction of sp³-hybridized carbons (Fsp3) is 0.0800. The topological polar surface area (TPSA) is 138 Å². The van der Waals surface area contributed by atoms with Gasteiger partial charge in [-0.3, -0.25) is 9.35 Å². The zero-order chi connectivity index (χ0) is 26.0. The van der Waals surface area contributed by atoms with E-state index in [1.54, 1.807) is 55.5 Å². The number of amides is 1. The SMILES string of the molecule is COc1cccc(NC(=O)c2cc3ccccc3c(N=Nc3cc(Cl)c(C)cc3S(=O)(=O)O)c2O)c1.